The minimum Gasteiger partial charge on any atom is -0.375 e. The molecule has 0 unspecified atom stereocenters. The second kappa shape index (κ2) is 3.90. The molecule has 0 aromatic heterocycles. The number of nitrogens with zero attached hydrogens (tertiary/aromatic N) is 1. The third-order valence-corrected chi connectivity index (χ3v) is 2.05. The van der Waals surface area contributed by atoms with E-state index >= 15 is 0 Å². The van der Waals surface area contributed by atoms with Crippen molar-refractivity contribution < 1.29 is 9.53 Å². The smallest absolute Gasteiger partial charge is 0.225 e. The Morgan fingerprint density at radius 2 is 2.25 bits per heavy atom. The second-order valence-corrected chi connectivity index (χ2v) is 3.62. The second-order valence-electron chi connectivity index (χ2n) is 3.62. The zero-order valence-electron chi connectivity index (χ0n) is 8.04. The zero-order valence-corrected chi connectivity index (χ0v) is 8.04. The molecule has 70 valence electrons. The quantitative estimate of drug-likeness (QED) is 0.586. The van der Waals surface area contributed by atoms with Crippen molar-refractivity contribution >= 4 is 5.91 Å². The van der Waals surface area contributed by atoms with Gasteiger partial charge < -0.3 is 9.64 Å². The van der Waals surface area contributed by atoms with Crippen molar-refractivity contribution in [2.45, 2.75) is 26.9 Å². The summed E-state index contributed by atoms with van der Waals surface area (Å²) in [6.07, 6.45) is 0.196. The summed E-state index contributed by atoms with van der Waals surface area (Å²) in [6, 6.07) is 0. The topological polar surface area (TPSA) is 29.5 Å². The Hall–Kier alpha value is -0.570. The SMILES string of the molecule is CC(C)C(=O)N1CCO[C@@H](C)C1. The Balaban J connectivity index is 2.46. The Kier molecular flexibility index (Phi) is 3.09. The molecule has 0 bridgehead atoms. The molecule has 1 aliphatic heterocycles. The number of rotatable bonds is 1. The largest absolute Gasteiger partial charge is 0.375 e. The van der Waals surface area contributed by atoms with E-state index in [0.29, 0.717) is 6.61 Å². The molecule has 0 spiro atoms. The molecule has 0 saturated carbocycles. The third kappa shape index (κ3) is 2.21. The molecule has 0 aromatic rings. The van der Waals surface area contributed by atoms with Crippen molar-refractivity contribution in [2.75, 3.05) is 19.7 Å². The molecular formula is C9H17NO2. The van der Waals surface area contributed by atoms with Crippen LogP contribution in [0.2, 0.25) is 0 Å². The maximum atomic E-state index is 11.5. The molecule has 1 saturated heterocycles. The van der Waals surface area contributed by atoms with Gasteiger partial charge in [-0.1, -0.05) is 13.8 Å². The lowest BCUT2D eigenvalue weighted by molar-refractivity contribution is -0.141. The van der Waals surface area contributed by atoms with E-state index < -0.39 is 0 Å². The highest BCUT2D eigenvalue weighted by Gasteiger charge is 2.22. The molecule has 0 radical (unpaired) electrons. The molecule has 12 heavy (non-hydrogen) atoms. The summed E-state index contributed by atoms with van der Waals surface area (Å²) < 4.78 is 5.34. The first kappa shape index (κ1) is 9.52. The van der Waals surface area contributed by atoms with Gasteiger partial charge in [0.15, 0.2) is 0 Å². The van der Waals surface area contributed by atoms with Crippen molar-refractivity contribution in [2.24, 2.45) is 5.92 Å². The van der Waals surface area contributed by atoms with Gasteiger partial charge in [-0.2, -0.15) is 0 Å². The number of carbonyl (C=O) groups excluding carboxylic acids is 1. The van der Waals surface area contributed by atoms with Crippen molar-refractivity contribution in [1.29, 1.82) is 0 Å². The summed E-state index contributed by atoms with van der Waals surface area (Å²) in [4.78, 5) is 13.4. The van der Waals surface area contributed by atoms with Crippen molar-refractivity contribution in [3.05, 3.63) is 0 Å². The highest BCUT2D eigenvalue weighted by molar-refractivity contribution is 5.78. The number of ether oxygens (including phenoxy) is 1. The Bertz CT molecular complexity index is 168. The van der Waals surface area contributed by atoms with Crippen LogP contribution < -0.4 is 0 Å². The van der Waals surface area contributed by atoms with Crippen molar-refractivity contribution in [3.63, 3.8) is 0 Å². The van der Waals surface area contributed by atoms with Gasteiger partial charge in [-0.3, -0.25) is 4.79 Å². The molecule has 1 heterocycles. The Morgan fingerprint density at radius 1 is 1.58 bits per heavy atom. The fraction of sp³-hybridized carbons (Fsp3) is 0.889. The van der Waals surface area contributed by atoms with Gasteiger partial charge in [0, 0.05) is 19.0 Å². The van der Waals surface area contributed by atoms with Crippen LogP contribution in [-0.4, -0.2) is 36.6 Å². The lowest BCUT2D eigenvalue weighted by Gasteiger charge is -2.32. The van der Waals surface area contributed by atoms with Gasteiger partial charge in [0.25, 0.3) is 0 Å². The van der Waals surface area contributed by atoms with E-state index in [2.05, 4.69) is 0 Å². The van der Waals surface area contributed by atoms with Crippen LogP contribution in [-0.2, 0) is 9.53 Å². The number of amides is 1. The minimum absolute atomic E-state index is 0.107. The number of hydrogen-bond donors (Lipinski definition) is 0. The van der Waals surface area contributed by atoms with E-state index in [9.17, 15) is 4.79 Å². The molecule has 3 nitrogen and oxygen atoms in total. The lowest BCUT2D eigenvalue weighted by atomic mass is 10.1. The fourth-order valence-electron chi connectivity index (χ4n) is 1.38. The van der Waals surface area contributed by atoms with Gasteiger partial charge in [0.05, 0.1) is 12.7 Å². The normalized spacial score (nSPS) is 24.7. The summed E-state index contributed by atoms with van der Waals surface area (Å²) in [7, 11) is 0. The molecule has 1 atom stereocenters. The fourth-order valence-corrected chi connectivity index (χ4v) is 1.38. The number of morpholine rings is 1. The molecular weight excluding hydrogens is 154 g/mol. The lowest BCUT2D eigenvalue weighted by Crippen LogP contribution is -2.46. The van der Waals surface area contributed by atoms with Gasteiger partial charge in [-0.15, -0.1) is 0 Å². The zero-order chi connectivity index (χ0) is 9.14. The average Bonchev–Trinajstić information content (AvgIpc) is 2.03. The van der Waals surface area contributed by atoms with E-state index in [1.807, 2.05) is 25.7 Å². The molecule has 0 N–H and O–H groups in total. The Morgan fingerprint density at radius 3 is 2.75 bits per heavy atom. The first-order chi connectivity index (χ1) is 5.61. The van der Waals surface area contributed by atoms with Gasteiger partial charge >= 0.3 is 0 Å². The summed E-state index contributed by atoms with van der Waals surface area (Å²) in [6.45, 7) is 8.04. The van der Waals surface area contributed by atoms with Crippen LogP contribution in [0.15, 0.2) is 0 Å². The van der Waals surface area contributed by atoms with E-state index in [1.54, 1.807) is 0 Å². The van der Waals surface area contributed by atoms with E-state index in [0.717, 1.165) is 13.1 Å². The maximum Gasteiger partial charge on any atom is 0.225 e. The van der Waals surface area contributed by atoms with Gasteiger partial charge in [-0.05, 0) is 6.92 Å². The number of carbonyl (C=O) groups is 1. The van der Waals surface area contributed by atoms with Crippen LogP contribution in [0.1, 0.15) is 20.8 Å². The summed E-state index contributed by atoms with van der Waals surface area (Å²) in [5.41, 5.74) is 0. The van der Waals surface area contributed by atoms with Crippen LogP contribution >= 0.6 is 0 Å². The average molecular weight is 171 g/mol. The summed E-state index contributed by atoms with van der Waals surface area (Å²) in [5, 5.41) is 0. The molecule has 0 aromatic carbocycles. The molecule has 3 heteroatoms. The van der Waals surface area contributed by atoms with Gasteiger partial charge in [0.1, 0.15) is 0 Å². The third-order valence-electron chi connectivity index (χ3n) is 2.05. The van der Waals surface area contributed by atoms with Crippen LogP contribution in [0.25, 0.3) is 0 Å². The predicted molar refractivity (Wildman–Crippen MR) is 46.8 cm³/mol. The highest BCUT2D eigenvalue weighted by Crippen LogP contribution is 2.08. The predicted octanol–water partition coefficient (Wildman–Crippen LogP) is 0.890. The first-order valence-electron chi connectivity index (χ1n) is 4.51. The van der Waals surface area contributed by atoms with Crippen molar-refractivity contribution in [1.82, 2.24) is 4.90 Å². The van der Waals surface area contributed by atoms with E-state index in [1.165, 1.54) is 0 Å². The maximum absolute atomic E-state index is 11.5. The van der Waals surface area contributed by atoms with Crippen molar-refractivity contribution in [3.8, 4) is 0 Å². The van der Waals surface area contributed by atoms with E-state index in [-0.39, 0.29) is 17.9 Å². The standard InChI is InChI=1S/C9H17NO2/c1-7(2)9(11)10-4-5-12-8(3)6-10/h7-8H,4-6H2,1-3H3/t8-/m0/s1. The molecule has 0 aliphatic carbocycles. The monoisotopic (exact) mass is 171 g/mol. The number of hydrogen-bond acceptors (Lipinski definition) is 2. The minimum atomic E-state index is 0.107. The Labute approximate surface area is 73.7 Å². The molecule has 1 amide bonds. The summed E-state index contributed by atoms with van der Waals surface area (Å²) in [5.74, 6) is 0.348. The highest BCUT2D eigenvalue weighted by atomic mass is 16.5. The van der Waals surface area contributed by atoms with E-state index in [4.69, 9.17) is 4.74 Å². The van der Waals surface area contributed by atoms with Gasteiger partial charge in [-0.25, -0.2) is 0 Å². The van der Waals surface area contributed by atoms with Gasteiger partial charge in [0.2, 0.25) is 5.91 Å². The first-order valence-corrected chi connectivity index (χ1v) is 4.51. The van der Waals surface area contributed by atoms with Crippen LogP contribution in [0.5, 0.6) is 0 Å². The van der Waals surface area contributed by atoms with Crippen LogP contribution in [0, 0.1) is 5.92 Å². The van der Waals surface area contributed by atoms with Crippen LogP contribution in [0.4, 0.5) is 0 Å². The summed E-state index contributed by atoms with van der Waals surface area (Å²) >= 11 is 0. The van der Waals surface area contributed by atoms with Crippen LogP contribution in [0.3, 0.4) is 0 Å². The molecule has 1 rings (SSSR count). The molecule has 1 aliphatic rings. The molecule has 1 fully saturated rings.